The molecule has 0 bridgehead atoms. The summed E-state index contributed by atoms with van der Waals surface area (Å²) in [7, 11) is 0. The Kier molecular flexibility index (Phi) is 3.28. The van der Waals surface area contributed by atoms with E-state index in [1.807, 2.05) is 22.2 Å². The lowest BCUT2D eigenvalue weighted by Gasteiger charge is -2.24. The maximum Gasteiger partial charge on any atom is 0.193 e. The third-order valence-corrected chi connectivity index (χ3v) is 3.40. The molecule has 0 fully saturated rings. The lowest BCUT2D eigenvalue weighted by molar-refractivity contribution is 0.229. The van der Waals surface area contributed by atoms with Crippen molar-refractivity contribution in [3.63, 3.8) is 0 Å². The molecular weight excluding hydrogens is 222 g/mol. The Bertz CT molecular complexity index is 432. The van der Waals surface area contributed by atoms with Crippen molar-refractivity contribution in [3.05, 3.63) is 23.5 Å². The fourth-order valence-corrected chi connectivity index (χ4v) is 2.28. The summed E-state index contributed by atoms with van der Waals surface area (Å²) >= 11 is 1.64. The second-order valence-electron chi connectivity index (χ2n) is 4.54. The summed E-state index contributed by atoms with van der Waals surface area (Å²) in [5.74, 6) is 0. The van der Waals surface area contributed by atoms with Gasteiger partial charge in [0.1, 0.15) is 0 Å². The van der Waals surface area contributed by atoms with Gasteiger partial charge in [-0.25, -0.2) is 4.98 Å². The summed E-state index contributed by atoms with van der Waals surface area (Å²) in [6.07, 6.45) is 4.79. The number of aliphatic hydroxyl groups is 1. The third-order valence-electron chi connectivity index (χ3n) is 2.63. The minimum atomic E-state index is -0.0498. The summed E-state index contributed by atoms with van der Waals surface area (Å²) in [4.78, 5) is 5.52. The number of hydrogen-bond acceptors (Lipinski definition) is 4. The molecule has 0 saturated carbocycles. The van der Waals surface area contributed by atoms with E-state index >= 15 is 0 Å². The Morgan fingerprint density at radius 3 is 3.06 bits per heavy atom. The molecule has 0 atom stereocenters. The first kappa shape index (κ1) is 11.6. The number of thiazole rings is 1. The molecule has 0 radical (unpaired) electrons. The van der Waals surface area contributed by atoms with Gasteiger partial charge in [0.2, 0.25) is 0 Å². The van der Waals surface area contributed by atoms with Crippen LogP contribution in [0.3, 0.4) is 0 Å². The van der Waals surface area contributed by atoms with Gasteiger partial charge in [-0.15, -0.1) is 11.3 Å². The highest BCUT2D eigenvalue weighted by Gasteiger charge is 2.16. The Morgan fingerprint density at radius 2 is 2.38 bits per heavy atom. The minimum Gasteiger partial charge on any atom is -0.396 e. The van der Waals surface area contributed by atoms with Gasteiger partial charge < -0.3 is 10.4 Å². The smallest absolute Gasteiger partial charge is 0.193 e. The predicted octanol–water partition coefficient (Wildman–Crippen LogP) is 1.65. The van der Waals surface area contributed by atoms with Crippen LogP contribution in [0.2, 0.25) is 0 Å². The molecule has 2 heterocycles. The second kappa shape index (κ2) is 4.53. The van der Waals surface area contributed by atoms with E-state index in [1.54, 1.807) is 11.3 Å². The quantitative estimate of drug-likeness (QED) is 0.834. The molecule has 4 nitrogen and oxygen atoms in total. The van der Waals surface area contributed by atoms with Gasteiger partial charge in [-0.2, -0.15) is 0 Å². The normalized spacial score (nSPS) is 12.4. The molecule has 16 heavy (non-hydrogen) atoms. The highest BCUT2D eigenvalue weighted by atomic mass is 32.1. The number of nitrogens with one attached hydrogen (secondary N) is 1. The van der Waals surface area contributed by atoms with E-state index in [0.717, 1.165) is 23.6 Å². The maximum atomic E-state index is 8.92. The van der Waals surface area contributed by atoms with Gasteiger partial charge in [0, 0.05) is 36.5 Å². The molecule has 88 valence electrons. The van der Waals surface area contributed by atoms with E-state index in [2.05, 4.69) is 24.1 Å². The molecule has 5 heteroatoms. The Labute approximate surface area is 98.9 Å². The zero-order valence-electron chi connectivity index (χ0n) is 9.60. The number of hydrogen-bond donors (Lipinski definition) is 2. The highest BCUT2D eigenvalue weighted by molar-refractivity contribution is 7.15. The minimum absolute atomic E-state index is 0.0498. The summed E-state index contributed by atoms with van der Waals surface area (Å²) in [5, 5.41) is 14.3. The van der Waals surface area contributed by atoms with Crippen molar-refractivity contribution in [1.82, 2.24) is 14.7 Å². The van der Waals surface area contributed by atoms with Crippen LogP contribution >= 0.6 is 11.3 Å². The van der Waals surface area contributed by atoms with E-state index < -0.39 is 0 Å². The van der Waals surface area contributed by atoms with E-state index in [1.165, 1.54) is 0 Å². The molecule has 0 aliphatic heterocycles. The summed E-state index contributed by atoms with van der Waals surface area (Å²) in [5.41, 5.74) is 0.990. The number of aromatic nitrogens is 2. The molecule has 0 unspecified atom stereocenters. The molecule has 2 aromatic heterocycles. The molecule has 0 aliphatic carbocycles. The average Bonchev–Trinajstić information content (AvgIpc) is 2.73. The van der Waals surface area contributed by atoms with Crippen LogP contribution in [0.1, 0.15) is 26.0 Å². The standard InChI is InChI=1S/C11H17N3OS/c1-11(2,3-5-15)12-7-9-8-14-4-6-16-10(14)13-9/h4,6,8,12,15H,3,5,7H2,1-2H3. The monoisotopic (exact) mass is 239 g/mol. The Hall–Kier alpha value is -0.910. The largest absolute Gasteiger partial charge is 0.396 e. The van der Waals surface area contributed by atoms with E-state index in [9.17, 15) is 0 Å². The van der Waals surface area contributed by atoms with Crippen molar-refractivity contribution in [2.24, 2.45) is 0 Å². The van der Waals surface area contributed by atoms with E-state index in [4.69, 9.17) is 5.11 Å². The molecule has 0 spiro atoms. The molecule has 2 N–H and O–H groups in total. The van der Waals surface area contributed by atoms with Gasteiger partial charge in [-0.1, -0.05) is 0 Å². The highest BCUT2D eigenvalue weighted by Crippen LogP contribution is 2.13. The fourth-order valence-electron chi connectivity index (χ4n) is 1.56. The second-order valence-corrected chi connectivity index (χ2v) is 5.41. The van der Waals surface area contributed by atoms with Gasteiger partial charge in [-0.3, -0.25) is 4.40 Å². The first-order valence-electron chi connectivity index (χ1n) is 5.38. The molecule has 0 amide bonds. The number of imidazole rings is 1. The molecule has 2 rings (SSSR count). The van der Waals surface area contributed by atoms with Crippen molar-refractivity contribution in [1.29, 1.82) is 0 Å². The van der Waals surface area contributed by atoms with Crippen molar-refractivity contribution in [2.45, 2.75) is 32.4 Å². The lowest BCUT2D eigenvalue weighted by atomic mass is 10.0. The molecule has 0 saturated heterocycles. The van der Waals surface area contributed by atoms with Gasteiger partial charge in [-0.05, 0) is 20.3 Å². The van der Waals surface area contributed by atoms with Gasteiger partial charge >= 0.3 is 0 Å². The van der Waals surface area contributed by atoms with Crippen LogP contribution in [-0.4, -0.2) is 26.6 Å². The van der Waals surface area contributed by atoms with Crippen LogP contribution in [0.5, 0.6) is 0 Å². The van der Waals surface area contributed by atoms with E-state index in [-0.39, 0.29) is 12.1 Å². The summed E-state index contributed by atoms with van der Waals surface area (Å²) < 4.78 is 2.03. The van der Waals surface area contributed by atoms with Crippen LogP contribution in [0.15, 0.2) is 17.8 Å². The lowest BCUT2D eigenvalue weighted by Crippen LogP contribution is -2.39. The molecular formula is C11H17N3OS. The predicted molar refractivity (Wildman–Crippen MR) is 65.7 cm³/mol. The SMILES string of the molecule is CC(C)(CCO)NCc1cn2ccsc2n1. The number of fused-ring (bicyclic) bond motifs is 1. The number of nitrogens with zero attached hydrogens (tertiary/aromatic N) is 2. The zero-order valence-corrected chi connectivity index (χ0v) is 10.4. The van der Waals surface area contributed by atoms with Gasteiger partial charge in [0.15, 0.2) is 4.96 Å². The van der Waals surface area contributed by atoms with Crippen molar-refractivity contribution in [3.8, 4) is 0 Å². The van der Waals surface area contributed by atoms with Crippen LogP contribution < -0.4 is 5.32 Å². The molecule has 2 aromatic rings. The van der Waals surface area contributed by atoms with Crippen LogP contribution in [0.4, 0.5) is 0 Å². The summed E-state index contributed by atoms with van der Waals surface area (Å²) in [6.45, 7) is 5.11. The Balaban J connectivity index is 1.97. The Morgan fingerprint density at radius 1 is 1.56 bits per heavy atom. The summed E-state index contributed by atoms with van der Waals surface area (Å²) in [6, 6.07) is 0. The van der Waals surface area contributed by atoms with Gasteiger partial charge in [0.25, 0.3) is 0 Å². The number of aliphatic hydroxyl groups excluding tert-OH is 1. The first-order chi connectivity index (χ1) is 7.61. The third kappa shape index (κ3) is 2.61. The molecule has 0 aliphatic rings. The topological polar surface area (TPSA) is 49.6 Å². The van der Waals surface area contributed by atoms with Crippen LogP contribution in [-0.2, 0) is 6.54 Å². The van der Waals surface area contributed by atoms with Crippen LogP contribution in [0, 0.1) is 0 Å². The van der Waals surface area contributed by atoms with Gasteiger partial charge in [0.05, 0.1) is 5.69 Å². The van der Waals surface area contributed by atoms with Crippen molar-refractivity contribution < 1.29 is 5.11 Å². The first-order valence-corrected chi connectivity index (χ1v) is 6.26. The number of rotatable bonds is 5. The fraction of sp³-hybridized carbons (Fsp3) is 0.545. The van der Waals surface area contributed by atoms with E-state index in [0.29, 0.717) is 0 Å². The average molecular weight is 239 g/mol. The van der Waals surface area contributed by atoms with Crippen LogP contribution in [0.25, 0.3) is 4.96 Å². The molecule has 0 aromatic carbocycles. The van der Waals surface area contributed by atoms with Crippen molar-refractivity contribution >= 4 is 16.3 Å². The zero-order chi connectivity index (χ0) is 11.6. The van der Waals surface area contributed by atoms with Crippen molar-refractivity contribution in [2.75, 3.05) is 6.61 Å². The maximum absolute atomic E-state index is 8.92.